The van der Waals surface area contributed by atoms with E-state index in [4.69, 9.17) is 4.42 Å². The molecule has 0 amide bonds. The van der Waals surface area contributed by atoms with Crippen molar-refractivity contribution in [1.29, 1.82) is 0 Å². The summed E-state index contributed by atoms with van der Waals surface area (Å²) in [5, 5.41) is 0.825. The molecule has 1 aliphatic carbocycles. The third kappa shape index (κ3) is 2.61. The van der Waals surface area contributed by atoms with Crippen LogP contribution in [0, 0.1) is 6.92 Å². The molecule has 1 aromatic carbocycles. The minimum atomic E-state index is -3.67. The molecule has 0 bridgehead atoms. The molecule has 0 fully saturated rings. The van der Waals surface area contributed by atoms with E-state index >= 15 is 0 Å². The molecule has 0 saturated heterocycles. The first-order chi connectivity index (χ1) is 11.5. The molecule has 124 valence electrons. The molecule has 0 unspecified atom stereocenters. The average molecular weight is 342 g/mol. The molecule has 1 N–H and O–H groups in total. The largest absolute Gasteiger partial charge is 0.469 e. The lowest BCUT2D eigenvalue weighted by Gasteiger charge is -2.22. The second-order valence-corrected chi connectivity index (χ2v) is 7.89. The van der Waals surface area contributed by atoms with Crippen molar-refractivity contribution in [2.45, 2.75) is 37.1 Å². The van der Waals surface area contributed by atoms with Crippen molar-refractivity contribution in [1.82, 2.24) is 9.71 Å². The fraction of sp³-hybridized carbons (Fsp3) is 0.278. The Morgan fingerprint density at radius 2 is 2.17 bits per heavy atom. The topological polar surface area (TPSA) is 72.2 Å². The van der Waals surface area contributed by atoms with Gasteiger partial charge in [0.25, 0.3) is 0 Å². The van der Waals surface area contributed by atoms with Gasteiger partial charge in [0.15, 0.2) is 0 Å². The van der Waals surface area contributed by atoms with Gasteiger partial charge in [-0.05, 0) is 43.5 Å². The third-order valence-corrected chi connectivity index (χ3v) is 5.95. The Hall–Kier alpha value is -2.18. The third-order valence-electron chi connectivity index (χ3n) is 4.45. The molecule has 0 aliphatic heterocycles. The number of furan rings is 1. The van der Waals surface area contributed by atoms with Gasteiger partial charge in [-0.25, -0.2) is 13.1 Å². The summed E-state index contributed by atoms with van der Waals surface area (Å²) in [5.41, 5.74) is 2.44. The SMILES string of the molecule is Cc1cnc2c(S(=O)(=O)N[C@H]3CCCc4occc43)cccc2c1. The van der Waals surface area contributed by atoms with Crippen molar-refractivity contribution in [3.63, 3.8) is 0 Å². The van der Waals surface area contributed by atoms with Crippen molar-refractivity contribution in [2.24, 2.45) is 0 Å². The fourth-order valence-electron chi connectivity index (χ4n) is 3.32. The van der Waals surface area contributed by atoms with Gasteiger partial charge < -0.3 is 4.42 Å². The average Bonchev–Trinajstić information content (AvgIpc) is 3.03. The van der Waals surface area contributed by atoms with Gasteiger partial charge in [0.1, 0.15) is 10.7 Å². The summed E-state index contributed by atoms with van der Waals surface area (Å²) in [4.78, 5) is 4.55. The Morgan fingerprint density at radius 1 is 1.29 bits per heavy atom. The number of nitrogens with zero attached hydrogens (tertiary/aromatic N) is 1. The number of aryl methyl sites for hydroxylation is 2. The Labute approximate surface area is 140 Å². The van der Waals surface area contributed by atoms with E-state index < -0.39 is 10.0 Å². The number of benzene rings is 1. The number of hydrogen-bond acceptors (Lipinski definition) is 4. The van der Waals surface area contributed by atoms with Crippen molar-refractivity contribution < 1.29 is 12.8 Å². The molecule has 0 saturated carbocycles. The van der Waals surface area contributed by atoms with E-state index in [1.807, 2.05) is 25.1 Å². The van der Waals surface area contributed by atoms with Crippen LogP contribution >= 0.6 is 0 Å². The molecular weight excluding hydrogens is 324 g/mol. The van der Waals surface area contributed by atoms with E-state index in [-0.39, 0.29) is 10.9 Å². The van der Waals surface area contributed by atoms with E-state index in [1.165, 1.54) is 0 Å². The molecule has 2 aromatic heterocycles. The van der Waals surface area contributed by atoms with Crippen molar-refractivity contribution in [3.8, 4) is 0 Å². The van der Waals surface area contributed by atoms with Crippen LogP contribution in [0.3, 0.4) is 0 Å². The molecule has 5 nitrogen and oxygen atoms in total. The van der Waals surface area contributed by atoms with Gasteiger partial charge in [-0.1, -0.05) is 12.1 Å². The highest BCUT2D eigenvalue weighted by atomic mass is 32.2. The highest BCUT2D eigenvalue weighted by molar-refractivity contribution is 7.89. The smallest absolute Gasteiger partial charge is 0.243 e. The van der Waals surface area contributed by atoms with E-state index in [0.717, 1.165) is 41.5 Å². The molecule has 1 aliphatic rings. The summed E-state index contributed by atoms with van der Waals surface area (Å²) in [7, 11) is -3.67. The highest BCUT2D eigenvalue weighted by Crippen LogP contribution is 2.32. The maximum absolute atomic E-state index is 12.9. The first-order valence-corrected chi connectivity index (χ1v) is 9.47. The quantitative estimate of drug-likeness (QED) is 0.791. The zero-order chi connectivity index (χ0) is 16.7. The minimum absolute atomic E-state index is 0.218. The van der Waals surface area contributed by atoms with Crippen LogP contribution in [0.15, 0.2) is 52.1 Å². The van der Waals surface area contributed by atoms with E-state index in [1.54, 1.807) is 24.6 Å². The number of fused-ring (bicyclic) bond motifs is 2. The van der Waals surface area contributed by atoms with Gasteiger partial charge in [0, 0.05) is 23.6 Å². The van der Waals surface area contributed by atoms with Crippen LogP contribution in [0.5, 0.6) is 0 Å². The highest BCUT2D eigenvalue weighted by Gasteiger charge is 2.28. The molecule has 4 rings (SSSR count). The predicted molar refractivity (Wildman–Crippen MR) is 91.2 cm³/mol. The number of nitrogens with one attached hydrogen (secondary N) is 1. The first-order valence-electron chi connectivity index (χ1n) is 7.98. The summed E-state index contributed by atoms with van der Waals surface area (Å²) >= 11 is 0. The lowest BCUT2D eigenvalue weighted by atomic mass is 9.94. The zero-order valence-electron chi connectivity index (χ0n) is 13.3. The fourth-order valence-corrected chi connectivity index (χ4v) is 4.75. The normalized spacial score (nSPS) is 17.8. The number of aromatic nitrogens is 1. The van der Waals surface area contributed by atoms with E-state index in [2.05, 4.69) is 9.71 Å². The number of hydrogen-bond donors (Lipinski definition) is 1. The van der Waals surface area contributed by atoms with Crippen LogP contribution in [-0.4, -0.2) is 13.4 Å². The van der Waals surface area contributed by atoms with Crippen LogP contribution in [-0.2, 0) is 16.4 Å². The maximum atomic E-state index is 12.9. The lowest BCUT2D eigenvalue weighted by Crippen LogP contribution is -2.30. The maximum Gasteiger partial charge on any atom is 0.243 e. The molecule has 24 heavy (non-hydrogen) atoms. The van der Waals surface area contributed by atoms with Crippen molar-refractivity contribution >= 4 is 20.9 Å². The first kappa shape index (κ1) is 15.4. The Morgan fingerprint density at radius 3 is 3.04 bits per heavy atom. The molecule has 1 atom stereocenters. The van der Waals surface area contributed by atoms with Gasteiger partial charge >= 0.3 is 0 Å². The molecule has 0 radical (unpaired) electrons. The van der Waals surface area contributed by atoms with Crippen molar-refractivity contribution in [3.05, 3.63) is 59.7 Å². The monoisotopic (exact) mass is 342 g/mol. The molecule has 0 spiro atoms. The van der Waals surface area contributed by atoms with E-state index in [9.17, 15) is 8.42 Å². The summed E-state index contributed by atoms with van der Waals surface area (Å²) in [6, 6.07) is 8.78. The molecular formula is C18H18N2O3S. The minimum Gasteiger partial charge on any atom is -0.469 e. The van der Waals surface area contributed by atoms with Crippen LogP contribution in [0.4, 0.5) is 0 Å². The molecule has 6 heteroatoms. The molecule has 3 aromatic rings. The Balaban J connectivity index is 1.75. The number of pyridine rings is 1. The van der Waals surface area contributed by atoms with Gasteiger partial charge in [-0.3, -0.25) is 4.98 Å². The Bertz CT molecular complexity index is 1010. The second kappa shape index (κ2) is 5.72. The predicted octanol–water partition coefficient (Wildman–Crippen LogP) is 3.49. The standard InChI is InChI=1S/C18H18N2O3S/c1-12-10-13-4-2-7-17(18(13)19-11-12)24(21,22)20-15-5-3-6-16-14(15)8-9-23-16/h2,4,7-11,15,20H,3,5-6H2,1H3/t15-/m0/s1. The van der Waals surface area contributed by atoms with Gasteiger partial charge in [0.2, 0.25) is 10.0 Å². The van der Waals surface area contributed by atoms with Crippen molar-refractivity contribution in [2.75, 3.05) is 0 Å². The molecule has 2 heterocycles. The Kier molecular flexibility index (Phi) is 3.66. The van der Waals surface area contributed by atoms with Crippen LogP contribution in [0.1, 0.15) is 35.8 Å². The summed E-state index contributed by atoms with van der Waals surface area (Å²) in [6.07, 6.45) is 5.84. The van der Waals surface area contributed by atoms with Crippen LogP contribution in [0.2, 0.25) is 0 Å². The van der Waals surface area contributed by atoms with Crippen LogP contribution in [0.25, 0.3) is 10.9 Å². The van der Waals surface area contributed by atoms with Crippen LogP contribution < -0.4 is 4.72 Å². The second-order valence-electron chi connectivity index (χ2n) is 6.21. The zero-order valence-corrected chi connectivity index (χ0v) is 14.1. The lowest BCUT2D eigenvalue weighted by molar-refractivity contribution is 0.438. The number of rotatable bonds is 3. The number of para-hydroxylation sites is 1. The van der Waals surface area contributed by atoms with E-state index in [0.29, 0.717) is 5.52 Å². The van der Waals surface area contributed by atoms with Gasteiger partial charge in [-0.2, -0.15) is 0 Å². The van der Waals surface area contributed by atoms with Gasteiger partial charge in [0.05, 0.1) is 17.8 Å². The van der Waals surface area contributed by atoms with Gasteiger partial charge in [-0.15, -0.1) is 0 Å². The summed E-state index contributed by atoms with van der Waals surface area (Å²) in [5.74, 6) is 0.876. The number of sulfonamides is 1. The summed E-state index contributed by atoms with van der Waals surface area (Å²) in [6.45, 7) is 1.94. The summed E-state index contributed by atoms with van der Waals surface area (Å²) < 4.78 is 34.2.